The Morgan fingerprint density at radius 3 is 2.83 bits per heavy atom. The lowest BCUT2D eigenvalue weighted by atomic mass is 10.2. The first-order chi connectivity index (χ1) is 10.9. The van der Waals surface area contributed by atoms with Crippen molar-refractivity contribution in [3.8, 4) is 0 Å². The molecule has 1 N–H and O–H groups in total. The van der Waals surface area contributed by atoms with Gasteiger partial charge in [0.25, 0.3) is 10.0 Å². The maximum absolute atomic E-state index is 12.6. The van der Waals surface area contributed by atoms with E-state index in [9.17, 15) is 8.42 Å². The number of hydrogen-bond acceptors (Lipinski definition) is 4. The Morgan fingerprint density at radius 2 is 2.17 bits per heavy atom. The number of anilines is 2. The Labute approximate surface area is 140 Å². The highest BCUT2D eigenvalue weighted by Gasteiger charge is 2.26. The molecule has 1 aliphatic rings. The van der Waals surface area contributed by atoms with E-state index in [1.165, 1.54) is 6.20 Å². The molecule has 0 radical (unpaired) electrons. The lowest BCUT2D eigenvalue weighted by Gasteiger charge is -2.20. The summed E-state index contributed by atoms with van der Waals surface area (Å²) in [5, 5.41) is 0.204. The van der Waals surface area contributed by atoms with Crippen molar-refractivity contribution in [1.82, 2.24) is 4.98 Å². The van der Waals surface area contributed by atoms with E-state index in [1.807, 2.05) is 11.8 Å². The highest BCUT2D eigenvalue weighted by Crippen LogP contribution is 2.37. The van der Waals surface area contributed by atoms with Gasteiger partial charge >= 0.3 is 0 Å². The van der Waals surface area contributed by atoms with Crippen LogP contribution in [0, 0.1) is 0 Å². The minimum absolute atomic E-state index is 0.0386. The lowest BCUT2D eigenvalue weighted by Crippen LogP contribution is -2.18. The predicted octanol–water partition coefficient (Wildman–Crippen LogP) is 3.43. The fourth-order valence-corrected chi connectivity index (χ4v) is 4.19. The highest BCUT2D eigenvalue weighted by atomic mass is 35.5. The highest BCUT2D eigenvalue weighted by molar-refractivity contribution is 7.92. The number of allylic oxidation sites excluding steroid dienone is 1. The molecule has 23 heavy (non-hydrogen) atoms. The smallest absolute Gasteiger partial charge is 0.264 e. The lowest BCUT2D eigenvalue weighted by molar-refractivity contribution is 0.601. The van der Waals surface area contributed by atoms with Crippen LogP contribution in [0.1, 0.15) is 12.5 Å². The maximum atomic E-state index is 12.6. The Kier molecular flexibility index (Phi) is 4.04. The van der Waals surface area contributed by atoms with E-state index >= 15 is 0 Å². The molecule has 0 amide bonds. The normalized spacial score (nSPS) is 13.7. The largest absolute Gasteiger partial charge is 0.345 e. The minimum atomic E-state index is -3.82. The number of halogens is 1. The molecule has 0 spiro atoms. The maximum Gasteiger partial charge on any atom is 0.264 e. The first-order valence-electron chi connectivity index (χ1n) is 7.08. The van der Waals surface area contributed by atoms with Crippen LogP contribution in [0.4, 0.5) is 11.5 Å². The van der Waals surface area contributed by atoms with Gasteiger partial charge in [-0.25, -0.2) is 13.4 Å². The molecule has 1 aromatic heterocycles. The average molecular weight is 350 g/mol. The van der Waals surface area contributed by atoms with E-state index in [2.05, 4.69) is 16.3 Å². The van der Waals surface area contributed by atoms with Crippen LogP contribution in [0.3, 0.4) is 0 Å². The molecular weight excluding hydrogens is 334 g/mol. The summed E-state index contributed by atoms with van der Waals surface area (Å²) in [5.41, 5.74) is 2.73. The number of nitrogens with one attached hydrogen (secondary N) is 1. The number of pyridine rings is 1. The van der Waals surface area contributed by atoms with Gasteiger partial charge in [-0.3, -0.25) is 4.72 Å². The van der Waals surface area contributed by atoms with Gasteiger partial charge in [-0.15, -0.1) is 0 Å². The van der Waals surface area contributed by atoms with E-state index in [4.69, 9.17) is 11.6 Å². The molecule has 0 aliphatic carbocycles. The van der Waals surface area contributed by atoms with Gasteiger partial charge in [0.2, 0.25) is 0 Å². The molecule has 2 aromatic rings. The summed E-state index contributed by atoms with van der Waals surface area (Å²) in [7, 11) is -3.82. The van der Waals surface area contributed by atoms with Gasteiger partial charge in [-0.1, -0.05) is 24.2 Å². The van der Waals surface area contributed by atoms with Gasteiger partial charge in [0.1, 0.15) is 10.7 Å². The number of nitrogens with zero attached hydrogens (tertiary/aromatic N) is 2. The topological polar surface area (TPSA) is 62.3 Å². The summed E-state index contributed by atoms with van der Waals surface area (Å²) >= 11 is 6.21. The van der Waals surface area contributed by atoms with E-state index in [-0.39, 0.29) is 15.7 Å². The van der Waals surface area contributed by atoms with Crippen LogP contribution < -0.4 is 9.62 Å². The quantitative estimate of drug-likeness (QED) is 0.918. The van der Waals surface area contributed by atoms with Crippen molar-refractivity contribution in [2.24, 2.45) is 0 Å². The van der Waals surface area contributed by atoms with Gasteiger partial charge in [-0.05, 0) is 43.2 Å². The van der Waals surface area contributed by atoms with Gasteiger partial charge in [0, 0.05) is 24.1 Å². The Bertz CT molecular complexity index is 866. The number of fused-ring (bicyclic) bond motifs is 1. The van der Waals surface area contributed by atoms with Gasteiger partial charge in [0.05, 0.1) is 5.02 Å². The zero-order valence-corrected chi connectivity index (χ0v) is 14.2. The second-order valence-electron chi connectivity index (χ2n) is 5.37. The van der Waals surface area contributed by atoms with Crippen molar-refractivity contribution < 1.29 is 8.42 Å². The molecule has 3 rings (SSSR count). The van der Waals surface area contributed by atoms with Crippen LogP contribution in [0.5, 0.6) is 0 Å². The van der Waals surface area contributed by atoms with E-state index < -0.39 is 10.0 Å². The van der Waals surface area contributed by atoms with Crippen LogP contribution in [-0.2, 0) is 16.4 Å². The van der Waals surface area contributed by atoms with Crippen molar-refractivity contribution in [1.29, 1.82) is 0 Å². The Balaban J connectivity index is 2.03. The second-order valence-corrected chi connectivity index (χ2v) is 7.43. The molecule has 0 saturated carbocycles. The molecule has 5 nitrogen and oxygen atoms in total. The van der Waals surface area contributed by atoms with Gasteiger partial charge in [-0.2, -0.15) is 0 Å². The van der Waals surface area contributed by atoms with Crippen LogP contribution in [0.2, 0.25) is 5.02 Å². The van der Waals surface area contributed by atoms with Crippen molar-refractivity contribution in [3.05, 3.63) is 59.4 Å². The average Bonchev–Trinajstić information content (AvgIpc) is 2.89. The number of rotatable bonds is 4. The monoisotopic (exact) mass is 349 g/mol. The van der Waals surface area contributed by atoms with Crippen molar-refractivity contribution in [2.45, 2.75) is 18.2 Å². The molecule has 120 valence electrons. The summed E-state index contributed by atoms with van der Waals surface area (Å²) in [6.07, 6.45) is 2.33. The minimum Gasteiger partial charge on any atom is -0.345 e. The second kappa shape index (κ2) is 5.86. The van der Waals surface area contributed by atoms with Crippen molar-refractivity contribution in [3.63, 3.8) is 0 Å². The fraction of sp³-hybridized carbons (Fsp3) is 0.188. The van der Waals surface area contributed by atoms with E-state index in [1.54, 1.807) is 30.3 Å². The first kappa shape index (κ1) is 15.8. The summed E-state index contributed by atoms with van der Waals surface area (Å²) in [6.45, 7) is 6.60. The zero-order chi connectivity index (χ0) is 16.6. The number of aromatic nitrogens is 1. The summed E-state index contributed by atoms with van der Waals surface area (Å²) in [6, 6.07) is 8.32. The standard InChI is InChI=1S/C16H16ClN3O2S/c1-11(2)20-8-6-12-9-13(17)15(10-14(12)20)23(21,22)19-16-5-3-4-7-18-16/h3-5,7,9-10H,1,6,8H2,2H3,(H,18,19). The Morgan fingerprint density at radius 1 is 1.39 bits per heavy atom. The number of sulfonamides is 1. The van der Waals surface area contributed by atoms with Crippen molar-refractivity contribution in [2.75, 3.05) is 16.2 Å². The van der Waals surface area contributed by atoms with Crippen LogP contribution in [-0.4, -0.2) is 19.9 Å². The van der Waals surface area contributed by atoms with Crippen LogP contribution >= 0.6 is 11.6 Å². The summed E-state index contributed by atoms with van der Waals surface area (Å²) in [4.78, 5) is 6.01. The van der Waals surface area contributed by atoms with Gasteiger partial charge in [0.15, 0.2) is 0 Å². The fourth-order valence-electron chi connectivity index (χ4n) is 2.61. The molecule has 0 unspecified atom stereocenters. The molecule has 7 heteroatoms. The SMILES string of the molecule is C=C(C)N1CCc2cc(Cl)c(S(=O)(=O)Nc3ccccn3)cc21. The molecule has 1 aliphatic heterocycles. The summed E-state index contributed by atoms with van der Waals surface area (Å²) in [5.74, 6) is 0.251. The van der Waals surface area contributed by atoms with Crippen LogP contribution in [0.15, 0.2) is 53.7 Å². The first-order valence-corrected chi connectivity index (χ1v) is 8.94. The molecule has 0 bridgehead atoms. The summed E-state index contributed by atoms with van der Waals surface area (Å²) < 4.78 is 27.7. The third kappa shape index (κ3) is 3.04. The molecule has 0 fully saturated rings. The Hall–Kier alpha value is -2.05. The van der Waals surface area contributed by atoms with Crippen molar-refractivity contribution >= 4 is 33.1 Å². The van der Waals surface area contributed by atoms with Gasteiger partial charge < -0.3 is 4.90 Å². The molecule has 0 saturated heterocycles. The zero-order valence-electron chi connectivity index (χ0n) is 12.6. The van der Waals surface area contributed by atoms with E-state index in [0.717, 1.165) is 29.9 Å². The molecular formula is C16H16ClN3O2S. The van der Waals surface area contributed by atoms with Crippen LogP contribution in [0.25, 0.3) is 0 Å². The molecule has 2 heterocycles. The third-order valence-corrected chi connectivity index (χ3v) is 5.50. The number of hydrogen-bond donors (Lipinski definition) is 1. The third-order valence-electron chi connectivity index (χ3n) is 3.68. The predicted molar refractivity (Wildman–Crippen MR) is 92.4 cm³/mol. The molecule has 0 atom stereocenters. The number of benzene rings is 1. The van der Waals surface area contributed by atoms with E-state index in [0.29, 0.717) is 0 Å². The molecule has 1 aromatic carbocycles.